The number of halogens is 3. The molecule has 0 saturated heterocycles. The van der Waals surface area contributed by atoms with Crippen LogP contribution in [0.4, 0.5) is 18.9 Å². The number of anilines is 1. The molecule has 0 spiro atoms. The van der Waals surface area contributed by atoms with Crippen molar-refractivity contribution in [2.24, 2.45) is 0 Å². The molecule has 0 aromatic heterocycles. The summed E-state index contributed by atoms with van der Waals surface area (Å²) in [6, 6.07) is 7.87. The van der Waals surface area contributed by atoms with Gasteiger partial charge in [0.05, 0.1) is 19.3 Å². The largest absolute Gasteiger partial charge is 0.493 e. The number of amides is 1. The second-order valence-electron chi connectivity index (χ2n) is 6.27. The minimum Gasteiger partial charge on any atom is -0.493 e. The maximum Gasteiger partial charge on any atom is 0.416 e. The average Bonchev–Trinajstić information content (AvgIpc) is 3.01. The van der Waals surface area contributed by atoms with Gasteiger partial charge in [-0.3, -0.25) is 4.79 Å². The van der Waals surface area contributed by atoms with Crippen LogP contribution in [0.15, 0.2) is 36.4 Å². The van der Waals surface area contributed by atoms with E-state index in [4.69, 9.17) is 14.2 Å². The Bertz CT molecular complexity index is 1010. The van der Waals surface area contributed by atoms with Gasteiger partial charge in [-0.05, 0) is 42.8 Å². The molecular weight excluding hydrogens is 403 g/mol. The number of esters is 1. The Hall–Kier alpha value is -3.49. The zero-order valence-electron chi connectivity index (χ0n) is 16.1. The van der Waals surface area contributed by atoms with Crippen molar-refractivity contribution in [1.82, 2.24) is 0 Å². The average molecular weight is 421 g/mol. The number of fused-ring (bicyclic) bond motifs is 1. The van der Waals surface area contributed by atoms with Crippen molar-refractivity contribution >= 4 is 29.2 Å². The van der Waals surface area contributed by atoms with Gasteiger partial charge in [-0.25, -0.2) is 4.79 Å². The molecule has 1 aliphatic rings. The molecule has 30 heavy (non-hydrogen) atoms. The lowest BCUT2D eigenvalue weighted by Gasteiger charge is -2.11. The molecule has 0 radical (unpaired) electrons. The van der Waals surface area contributed by atoms with Crippen LogP contribution in [-0.2, 0) is 20.5 Å². The third-order valence-corrected chi connectivity index (χ3v) is 4.28. The van der Waals surface area contributed by atoms with Gasteiger partial charge >= 0.3 is 12.1 Å². The van der Waals surface area contributed by atoms with Crippen LogP contribution in [0.2, 0.25) is 0 Å². The molecule has 1 aliphatic heterocycles. The Balaban J connectivity index is 1.87. The predicted molar refractivity (Wildman–Crippen MR) is 103 cm³/mol. The Kier molecular flexibility index (Phi) is 6.00. The topological polar surface area (TPSA) is 73.9 Å². The van der Waals surface area contributed by atoms with Crippen molar-refractivity contribution in [1.29, 1.82) is 0 Å². The molecule has 2 aromatic carbocycles. The monoisotopic (exact) mass is 421 g/mol. The number of carbonyl (C=O) groups is 2. The molecule has 1 N–H and O–H groups in total. The Morgan fingerprint density at radius 3 is 2.57 bits per heavy atom. The van der Waals surface area contributed by atoms with E-state index in [-0.39, 0.29) is 24.5 Å². The number of hydrogen-bond donors (Lipinski definition) is 1. The fourth-order valence-electron chi connectivity index (χ4n) is 2.91. The molecule has 6 nitrogen and oxygen atoms in total. The summed E-state index contributed by atoms with van der Waals surface area (Å²) in [5.41, 5.74) is 0.416. The van der Waals surface area contributed by atoms with E-state index in [1.165, 1.54) is 19.3 Å². The lowest BCUT2D eigenvalue weighted by atomic mass is 10.0. The maximum absolute atomic E-state index is 12.9. The fraction of sp³-hybridized carbons (Fsp3) is 0.238. The van der Waals surface area contributed by atoms with Gasteiger partial charge in [0, 0.05) is 16.8 Å². The van der Waals surface area contributed by atoms with Gasteiger partial charge in [0.25, 0.3) is 5.91 Å². The number of nitrogens with one attached hydrogen (secondary N) is 1. The van der Waals surface area contributed by atoms with Crippen LogP contribution in [0.1, 0.15) is 23.6 Å². The zero-order valence-corrected chi connectivity index (χ0v) is 16.1. The third kappa shape index (κ3) is 4.56. The molecule has 9 heteroatoms. The summed E-state index contributed by atoms with van der Waals surface area (Å²) in [6.07, 6.45) is -2.97. The number of ether oxygens (including phenoxy) is 3. The highest BCUT2D eigenvalue weighted by Crippen LogP contribution is 2.39. The molecule has 0 unspecified atom stereocenters. The van der Waals surface area contributed by atoms with Gasteiger partial charge in [0.2, 0.25) is 0 Å². The summed E-state index contributed by atoms with van der Waals surface area (Å²) in [6.45, 7) is 1.63. The minimum atomic E-state index is -4.50. The van der Waals surface area contributed by atoms with E-state index in [1.54, 1.807) is 25.1 Å². The van der Waals surface area contributed by atoms with Gasteiger partial charge in [0.1, 0.15) is 0 Å². The molecule has 0 saturated carbocycles. The molecule has 1 amide bonds. The summed E-state index contributed by atoms with van der Waals surface area (Å²) in [5, 5.41) is 2.45. The Morgan fingerprint density at radius 2 is 1.90 bits per heavy atom. The minimum absolute atomic E-state index is 0.0995. The van der Waals surface area contributed by atoms with Gasteiger partial charge < -0.3 is 19.5 Å². The normalized spacial score (nSPS) is 14.3. The standard InChI is InChI=1S/C21H18F3NO5/c1-3-29-19(26)11-30-17-7-4-12(9-18(17)28-2)8-15-14-6-5-13(21(22,23)24)10-16(14)25-20(15)27/h4-10H,3,11H2,1-2H3,(H,25,27)/b15-8-. The molecular formula is C21H18F3NO5. The fourth-order valence-corrected chi connectivity index (χ4v) is 2.91. The molecule has 0 atom stereocenters. The summed E-state index contributed by atoms with van der Waals surface area (Å²) in [7, 11) is 1.42. The van der Waals surface area contributed by atoms with Crippen LogP contribution in [0.5, 0.6) is 11.5 Å². The van der Waals surface area contributed by atoms with E-state index >= 15 is 0 Å². The highest BCUT2D eigenvalue weighted by molar-refractivity contribution is 6.34. The van der Waals surface area contributed by atoms with Crippen molar-refractivity contribution in [3.8, 4) is 11.5 Å². The highest BCUT2D eigenvalue weighted by atomic mass is 19.4. The van der Waals surface area contributed by atoms with Crippen LogP contribution in [0.3, 0.4) is 0 Å². The van der Waals surface area contributed by atoms with E-state index < -0.39 is 23.6 Å². The van der Waals surface area contributed by atoms with Crippen molar-refractivity contribution in [2.45, 2.75) is 13.1 Å². The quantitative estimate of drug-likeness (QED) is 0.560. The molecule has 158 valence electrons. The predicted octanol–water partition coefficient (Wildman–Crippen LogP) is 4.15. The van der Waals surface area contributed by atoms with Crippen molar-refractivity contribution in [2.75, 3.05) is 25.6 Å². The molecule has 0 fully saturated rings. The van der Waals surface area contributed by atoms with E-state index in [0.29, 0.717) is 22.6 Å². The second-order valence-corrected chi connectivity index (χ2v) is 6.27. The van der Waals surface area contributed by atoms with E-state index in [9.17, 15) is 22.8 Å². The SMILES string of the molecule is CCOC(=O)COc1ccc(/C=C2\C(=O)Nc3cc(C(F)(F)F)ccc32)cc1OC. The maximum atomic E-state index is 12.9. The number of benzene rings is 2. The summed E-state index contributed by atoms with van der Waals surface area (Å²) >= 11 is 0. The lowest BCUT2D eigenvalue weighted by molar-refractivity contribution is -0.145. The van der Waals surface area contributed by atoms with Gasteiger partial charge in [-0.15, -0.1) is 0 Å². The molecule has 3 rings (SSSR count). The van der Waals surface area contributed by atoms with Crippen LogP contribution >= 0.6 is 0 Å². The van der Waals surface area contributed by atoms with Gasteiger partial charge in [0.15, 0.2) is 18.1 Å². The Morgan fingerprint density at radius 1 is 1.13 bits per heavy atom. The number of alkyl halides is 3. The number of rotatable bonds is 6. The first kappa shape index (κ1) is 21.2. The molecule has 0 aliphatic carbocycles. The number of methoxy groups -OCH3 is 1. The molecule has 1 heterocycles. The third-order valence-electron chi connectivity index (χ3n) is 4.28. The second kappa shape index (κ2) is 8.48. The first-order valence-corrected chi connectivity index (χ1v) is 8.94. The molecule has 2 aromatic rings. The number of carbonyl (C=O) groups excluding carboxylic acids is 2. The van der Waals surface area contributed by atoms with Crippen LogP contribution in [0, 0.1) is 0 Å². The van der Waals surface area contributed by atoms with Gasteiger partial charge in [-0.2, -0.15) is 13.2 Å². The van der Waals surface area contributed by atoms with E-state index in [1.807, 2.05) is 0 Å². The van der Waals surface area contributed by atoms with Crippen LogP contribution in [-0.4, -0.2) is 32.2 Å². The van der Waals surface area contributed by atoms with Crippen LogP contribution in [0.25, 0.3) is 11.6 Å². The number of hydrogen-bond acceptors (Lipinski definition) is 5. The van der Waals surface area contributed by atoms with Gasteiger partial charge in [-0.1, -0.05) is 12.1 Å². The van der Waals surface area contributed by atoms with Crippen molar-refractivity contribution in [3.05, 3.63) is 53.1 Å². The van der Waals surface area contributed by atoms with E-state index in [0.717, 1.165) is 12.1 Å². The molecule has 0 bridgehead atoms. The summed E-state index contributed by atoms with van der Waals surface area (Å²) < 4.78 is 54.1. The highest BCUT2D eigenvalue weighted by Gasteiger charge is 2.33. The smallest absolute Gasteiger partial charge is 0.416 e. The summed E-state index contributed by atoms with van der Waals surface area (Å²) in [4.78, 5) is 23.7. The lowest BCUT2D eigenvalue weighted by Crippen LogP contribution is -2.14. The zero-order chi connectivity index (χ0) is 21.9. The van der Waals surface area contributed by atoms with Crippen LogP contribution < -0.4 is 14.8 Å². The Labute approximate surface area is 170 Å². The first-order chi connectivity index (χ1) is 14.2. The first-order valence-electron chi connectivity index (χ1n) is 8.94. The summed E-state index contributed by atoms with van der Waals surface area (Å²) in [5.74, 6) is -0.410. The van der Waals surface area contributed by atoms with Crippen molar-refractivity contribution in [3.63, 3.8) is 0 Å². The van der Waals surface area contributed by atoms with E-state index in [2.05, 4.69) is 5.32 Å². The van der Waals surface area contributed by atoms with Crippen molar-refractivity contribution < 1.29 is 37.0 Å².